The highest BCUT2D eigenvalue weighted by Gasteiger charge is 2.13. The molecule has 0 aliphatic rings. The van der Waals surface area contributed by atoms with Crippen LogP contribution in [0.4, 0.5) is 0 Å². The molecule has 29 heavy (non-hydrogen) atoms. The highest BCUT2D eigenvalue weighted by Crippen LogP contribution is 2.23. The molecule has 2 aromatic heterocycles. The predicted molar refractivity (Wildman–Crippen MR) is 110 cm³/mol. The summed E-state index contributed by atoms with van der Waals surface area (Å²) in [6, 6.07) is 19.9. The molecule has 1 amide bonds. The zero-order chi connectivity index (χ0) is 19.9. The Morgan fingerprint density at radius 2 is 1.76 bits per heavy atom. The van der Waals surface area contributed by atoms with Crippen LogP contribution in [0.1, 0.15) is 12.0 Å². The lowest BCUT2D eigenvalue weighted by Gasteiger charge is -2.08. The van der Waals surface area contributed by atoms with Crippen molar-refractivity contribution in [1.29, 1.82) is 0 Å². The van der Waals surface area contributed by atoms with Crippen molar-refractivity contribution in [2.45, 2.75) is 12.8 Å². The van der Waals surface area contributed by atoms with Gasteiger partial charge in [0.1, 0.15) is 11.7 Å². The number of benzene rings is 2. The second kappa shape index (κ2) is 8.97. The third-order valence-electron chi connectivity index (χ3n) is 4.48. The Hall–Kier alpha value is -3.74. The molecule has 7 heteroatoms. The molecule has 0 fully saturated rings. The normalized spacial score (nSPS) is 10.8. The fourth-order valence-corrected chi connectivity index (χ4v) is 3.05. The molecule has 0 bridgehead atoms. The van der Waals surface area contributed by atoms with Crippen LogP contribution < -0.4 is 10.1 Å². The van der Waals surface area contributed by atoms with E-state index >= 15 is 0 Å². The summed E-state index contributed by atoms with van der Waals surface area (Å²) in [5, 5.41) is 7.91. The van der Waals surface area contributed by atoms with E-state index in [1.54, 1.807) is 10.9 Å². The van der Waals surface area contributed by atoms with Gasteiger partial charge in [0.15, 0.2) is 12.3 Å². The van der Waals surface area contributed by atoms with E-state index in [4.69, 9.17) is 4.74 Å². The summed E-state index contributed by atoms with van der Waals surface area (Å²) < 4.78 is 7.34. The first-order valence-corrected chi connectivity index (χ1v) is 9.49. The summed E-state index contributed by atoms with van der Waals surface area (Å²) in [5.74, 6) is 0.164. The first-order chi connectivity index (χ1) is 14.3. The number of amides is 1. The molecule has 0 saturated carbocycles. The highest BCUT2D eigenvalue weighted by atomic mass is 16.5. The topological polar surface area (TPSA) is 81.9 Å². The smallest absolute Gasteiger partial charge is 0.258 e. The number of fused-ring (bicyclic) bond motifs is 1. The summed E-state index contributed by atoms with van der Waals surface area (Å²) in [6.07, 6.45) is 4.86. The van der Waals surface area contributed by atoms with Crippen molar-refractivity contribution < 1.29 is 9.53 Å². The second-order valence-corrected chi connectivity index (χ2v) is 6.54. The minimum atomic E-state index is -0.180. The fourth-order valence-electron chi connectivity index (χ4n) is 3.05. The molecule has 0 saturated heterocycles. The molecular weight excluding hydrogens is 366 g/mol. The van der Waals surface area contributed by atoms with Gasteiger partial charge in [0.25, 0.3) is 5.91 Å². The van der Waals surface area contributed by atoms with Gasteiger partial charge in [0.05, 0.1) is 11.9 Å². The van der Waals surface area contributed by atoms with Gasteiger partial charge < -0.3 is 10.1 Å². The molecule has 4 aromatic rings. The van der Waals surface area contributed by atoms with Crippen molar-refractivity contribution in [2.24, 2.45) is 0 Å². The average Bonchev–Trinajstić information content (AvgIpc) is 3.21. The van der Waals surface area contributed by atoms with Crippen LogP contribution in [0, 0.1) is 0 Å². The quantitative estimate of drug-likeness (QED) is 0.470. The number of nitrogens with zero attached hydrogens (tertiary/aromatic N) is 4. The number of rotatable bonds is 8. The Kier molecular flexibility index (Phi) is 5.76. The monoisotopic (exact) mass is 387 g/mol. The van der Waals surface area contributed by atoms with Gasteiger partial charge >= 0.3 is 0 Å². The van der Waals surface area contributed by atoms with Gasteiger partial charge in [0, 0.05) is 6.54 Å². The number of carbonyl (C=O) groups is 1. The SMILES string of the molecule is O=C(COc1ncnc2c1cnn2-c1ccccc1)NCCCc1ccccc1. The minimum Gasteiger partial charge on any atom is -0.467 e. The van der Waals surface area contributed by atoms with Gasteiger partial charge in [0.2, 0.25) is 5.88 Å². The maximum atomic E-state index is 12.1. The van der Waals surface area contributed by atoms with Gasteiger partial charge in [-0.25, -0.2) is 14.6 Å². The first kappa shape index (κ1) is 18.6. The van der Waals surface area contributed by atoms with E-state index in [0.717, 1.165) is 18.5 Å². The van der Waals surface area contributed by atoms with Crippen LogP contribution in [0.2, 0.25) is 0 Å². The molecule has 0 unspecified atom stereocenters. The van der Waals surface area contributed by atoms with Gasteiger partial charge in [-0.05, 0) is 30.5 Å². The number of carbonyl (C=O) groups excluding carboxylic acids is 1. The number of nitrogens with one attached hydrogen (secondary N) is 1. The average molecular weight is 387 g/mol. The van der Waals surface area contributed by atoms with Gasteiger partial charge in [-0.1, -0.05) is 48.5 Å². The third-order valence-corrected chi connectivity index (χ3v) is 4.48. The zero-order valence-electron chi connectivity index (χ0n) is 15.9. The maximum absolute atomic E-state index is 12.1. The van der Waals surface area contributed by atoms with Crippen molar-refractivity contribution >= 4 is 16.9 Å². The Morgan fingerprint density at radius 3 is 2.55 bits per heavy atom. The molecule has 1 N–H and O–H groups in total. The number of hydrogen-bond acceptors (Lipinski definition) is 5. The first-order valence-electron chi connectivity index (χ1n) is 9.49. The van der Waals surface area contributed by atoms with E-state index in [2.05, 4.69) is 32.5 Å². The number of aromatic nitrogens is 4. The Morgan fingerprint density at radius 1 is 1.00 bits per heavy atom. The van der Waals surface area contributed by atoms with Crippen LogP contribution in [0.15, 0.2) is 73.2 Å². The fraction of sp³-hybridized carbons (Fsp3) is 0.182. The van der Waals surface area contributed by atoms with Gasteiger partial charge in [-0.2, -0.15) is 5.10 Å². The molecule has 146 valence electrons. The van der Waals surface area contributed by atoms with E-state index in [1.165, 1.54) is 11.9 Å². The van der Waals surface area contributed by atoms with Crippen LogP contribution in [0.5, 0.6) is 5.88 Å². The summed E-state index contributed by atoms with van der Waals surface area (Å²) in [4.78, 5) is 20.5. The van der Waals surface area contributed by atoms with Crippen LogP contribution in [-0.4, -0.2) is 38.8 Å². The van der Waals surface area contributed by atoms with Crippen molar-refractivity contribution in [3.63, 3.8) is 0 Å². The molecule has 0 aliphatic heterocycles. The molecule has 0 atom stereocenters. The molecule has 0 spiro atoms. The molecule has 4 rings (SSSR count). The third kappa shape index (κ3) is 4.57. The molecular formula is C22H21N5O2. The maximum Gasteiger partial charge on any atom is 0.258 e. The van der Waals surface area contributed by atoms with Gasteiger partial charge in [-0.15, -0.1) is 0 Å². The van der Waals surface area contributed by atoms with E-state index in [-0.39, 0.29) is 12.5 Å². The Labute approximate surface area is 168 Å². The zero-order valence-corrected chi connectivity index (χ0v) is 15.9. The predicted octanol–water partition coefficient (Wildman–Crippen LogP) is 2.94. The highest BCUT2D eigenvalue weighted by molar-refractivity contribution is 5.82. The lowest BCUT2D eigenvalue weighted by molar-refractivity contribution is -0.123. The van der Waals surface area contributed by atoms with Gasteiger partial charge in [-0.3, -0.25) is 4.79 Å². The molecule has 0 aliphatic carbocycles. The van der Waals surface area contributed by atoms with Crippen molar-refractivity contribution in [3.8, 4) is 11.6 Å². The van der Waals surface area contributed by atoms with Crippen molar-refractivity contribution in [3.05, 3.63) is 78.8 Å². The van der Waals surface area contributed by atoms with E-state index in [0.29, 0.717) is 23.5 Å². The summed E-state index contributed by atoms with van der Waals surface area (Å²) >= 11 is 0. The molecule has 2 heterocycles. The second-order valence-electron chi connectivity index (χ2n) is 6.54. The minimum absolute atomic E-state index is 0.103. The Balaban J connectivity index is 1.32. The standard InChI is InChI=1S/C22H21N5O2/c28-20(23-13-7-10-17-8-3-1-4-9-17)15-29-22-19-14-26-27(21(19)24-16-25-22)18-11-5-2-6-12-18/h1-6,8-9,11-12,14,16H,7,10,13,15H2,(H,23,28). The lowest BCUT2D eigenvalue weighted by Crippen LogP contribution is -2.30. The number of hydrogen-bond donors (Lipinski definition) is 1. The molecule has 2 aromatic carbocycles. The number of para-hydroxylation sites is 1. The summed E-state index contributed by atoms with van der Waals surface area (Å²) in [6.45, 7) is 0.496. The molecule has 0 radical (unpaired) electrons. The van der Waals surface area contributed by atoms with Crippen LogP contribution in [-0.2, 0) is 11.2 Å². The Bertz CT molecular complexity index is 1080. The largest absolute Gasteiger partial charge is 0.467 e. The molecule has 7 nitrogen and oxygen atoms in total. The summed E-state index contributed by atoms with van der Waals surface area (Å²) in [5.41, 5.74) is 2.78. The van der Waals surface area contributed by atoms with Crippen LogP contribution in [0.3, 0.4) is 0 Å². The van der Waals surface area contributed by atoms with E-state index < -0.39 is 0 Å². The van der Waals surface area contributed by atoms with Crippen molar-refractivity contribution in [1.82, 2.24) is 25.1 Å². The van der Waals surface area contributed by atoms with Crippen LogP contribution >= 0.6 is 0 Å². The number of aryl methyl sites for hydroxylation is 1. The van der Waals surface area contributed by atoms with E-state index in [9.17, 15) is 4.79 Å². The van der Waals surface area contributed by atoms with Crippen LogP contribution in [0.25, 0.3) is 16.7 Å². The van der Waals surface area contributed by atoms with E-state index in [1.807, 2.05) is 48.5 Å². The summed E-state index contributed by atoms with van der Waals surface area (Å²) in [7, 11) is 0. The number of ether oxygens (including phenoxy) is 1. The van der Waals surface area contributed by atoms with Crippen molar-refractivity contribution in [2.75, 3.05) is 13.2 Å². The lowest BCUT2D eigenvalue weighted by atomic mass is 10.1.